The number of rotatable bonds is 6. The molecular formula is C23H37IN4O2S. The summed E-state index contributed by atoms with van der Waals surface area (Å²) >= 11 is 2.05. The number of carbonyl (C=O) groups is 1. The molecule has 2 heterocycles. The molecule has 31 heavy (non-hydrogen) atoms. The van der Waals surface area contributed by atoms with E-state index in [0.717, 1.165) is 30.2 Å². The van der Waals surface area contributed by atoms with E-state index < -0.39 is 0 Å². The van der Waals surface area contributed by atoms with Gasteiger partial charge in [-0.1, -0.05) is 12.1 Å². The molecule has 1 aromatic rings. The second kappa shape index (κ2) is 12.3. The van der Waals surface area contributed by atoms with E-state index in [9.17, 15) is 4.79 Å². The highest BCUT2D eigenvalue weighted by molar-refractivity contribution is 14.0. The fourth-order valence-electron chi connectivity index (χ4n) is 4.04. The highest BCUT2D eigenvalue weighted by Gasteiger charge is 2.29. The van der Waals surface area contributed by atoms with E-state index in [1.54, 1.807) is 0 Å². The van der Waals surface area contributed by atoms with Gasteiger partial charge in [-0.05, 0) is 64.0 Å². The van der Waals surface area contributed by atoms with Gasteiger partial charge in [-0.3, -0.25) is 4.79 Å². The molecule has 0 saturated carbocycles. The van der Waals surface area contributed by atoms with E-state index in [0.29, 0.717) is 24.4 Å². The molecule has 8 heteroatoms. The SMILES string of the molecule is CCNC(=NCc1ccc(C(=O)N2CC(C)OC(C)C2)cc1)NCC1(C)CCCS1.I. The van der Waals surface area contributed by atoms with Gasteiger partial charge in [0.2, 0.25) is 0 Å². The Morgan fingerprint density at radius 2 is 1.90 bits per heavy atom. The van der Waals surface area contributed by atoms with Crippen LogP contribution in [-0.2, 0) is 11.3 Å². The summed E-state index contributed by atoms with van der Waals surface area (Å²) in [5.74, 6) is 2.17. The van der Waals surface area contributed by atoms with Crippen molar-refractivity contribution in [1.82, 2.24) is 15.5 Å². The van der Waals surface area contributed by atoms with Crippen molar-refractivity contribution in [2.75, 3.05) is 31.9 Å². The molecule has 0 aromatic heterocycles. The zero-order valence-corrected chi connectivity index (χ0v) is 22.3. The van der Waals surface area contributed by atoms with Crippen molar-refractivity contribution in [3.05, 3.63) is 35.4 Å². The smallest absolute Gasteiger partial charge is 0.254 e. The van der Waals surface area contributed by atoms with Crippen LogP contribution in [0.3, 0.4) is 0 Å². The molecule has 2 fully saturated rings. The molecule has 0 radical (unpaired) electrons. The number of ether oxygens (including phenoxy) is 1. The monoisotopic (exact) mass is 560 g/mol. The lowest BCUT2D eigenvalue weighted by Crippen LogP contribution is -2.48. The molecule has 2 saturated heterocycles. The zero-order valence-electron chi connectivity index (χ0n) is 19.1. The van der Waals surface area contributed by atoms with Gasteiger partial charge in [0.1, 0.15) is 0 Å². The Bertz CT molecular complexity index is 728. The molecule has 2 N–H and O–H groups in total. The molecular weight excluding hydrogens is 523 g/mol. The summed E-state index contributed by atoms with van der Waals surface area (Å²) in [5.41, 5.74) is 1.81. The summed E-state index contributed by atoms with van der Waals surface area (Å²) in [5, 5.41) is 6.83. The first-order chi connectivity index (χ1) is 14.4. The van der Waals surface area contributed by atoms with E-state index in [4.69, 9.17) is 9.73 Å². The van der Waals surface area contributed by atoms with E-state index in [2.05, 4.69) is 24.5 Å². The van der Waals surface area contributed by atoms with Crippen LogP contribution in [-0.4, -0.2) is 65.7 Å². The summed E-state index contributed by atoms with van der Waals surface area (Å²) in [6.45, 7) is 12.1. The predicted molar refractivity (Wildman–Crippen MR) is 141 cm³/mol. The fourth-order valence-corrected chi connectivity index (χ4v) is 5.28. The second-order valence-electron chi connectivity index (χ2n) is 8.62. The Labute approximate surface area is 208 Å². The first-order valence-corrected chi connectivity index (χ1v) is 12.1. The van der Waals surface area contributed by atoms with Gasteiger partial charge >= 0.3 is 0 Å². The van der Waals surface area contributed by atoms with Crippen LogP contribution in [0.25, 0.3) is 0 Å². The van der Waals surface area contributed by atoms with Crippen LogP contribution < -0.4 is 10.6 Å². The predicted octanol–water partition coefficient (Wildman–Crippen LogP) is 3.89. The number of halogens is 1. The zero-order chi connectivity index (χ0) is 21.6. The largest absolute Gasteiger partial charge is 0.372 e. The lowest BCUT2D eigenvalue weighted by molar-refractivity contribution is -0.0586. The number of amides is 1. The summed E-state index contributed by atoms with van der Waals surface area (Å²) in [4.78, 5) is 19.4. The third kappa shape index (κ3) is 7.82. The maximum Gasteiger partial charge on any atom is 0.254 e. The van der Waals surface area contributed by atoms with E-state index in [-0.39, 0.29) is 42.1 Å². The van der Waals surface area contributed by atoms with Crippen molar-refractivity contribution in [3.8, 4) is 0 Å². The molecule has 174 valence electrons. The topological polar surface area (TPSA) is 66.0 Å². The van der Waals surface area contributed by atoms with Crippen LogP contribution in [0.5, 0.6) is 0 Å². The molecule has 3 atom stereocenters. The average Bonchev–Trinajstić information content (AvgIpc) is 3.16. The Morgan fingerprint density at radius 1 is 1.23 bits per heavy atom. The number of carbonyl (C=O) groups excluding carboxylic acids is 1. The fraction of sp³-hybridized carbons (Fsp3) is 0.652. The summed E-state index contributed by atoms with van der Waals surface area (Å²) < 4.78 is 6.03. The van der Waals surface area contributed by atoms with Gasteiger partial charge in [-0.25, -0.2) is 4.99 Å². The van der Waals surface area contributed by atoms with Gasteiger partial charge in [0, 0.05) is 36.5 Å². The summed E-state index contributed by atoms with van der Waals surface area (Å²) in [6.07, 6.45) is 2.70. The number of aliphatic imine (C=N–C) groups is 1. The van der Waals surface area contributed by atoms with Gasteiger partial charge in [0.05, 0.1) is 18.8 Å². The van der Waals surface area contributed by atoms with Crippen molar-refractivity contribution >= 4 is 47.6 Å². The third-order valence-corrected chi connectivity index (χ3v) is 7.14. The van der Waals surface area contributed by atoms with E-state index in [1.807, 2.05) is 54.8 Å². The number of hydrogen-bond acceptors (Lipinski definition) is 4. The van der Waals surface area contributed by atoms with Crippen LogP contribution in [0.2, 0.25) is 0 Å². The minimum absolute atomic E-state index is 0. The van der Waals surface area contributed by atoms with Crippen molar-refractivity contribution in [1.29, 1.82) is 0 Å². The maximum atomic E-state index is 12.8. The van der Waals surface area contributed by atoms with Crippen LogP contribution in [0.15, 0.2) is 29.3 Å². The summed E-state index contributed by atoms with van der Waals surface area (Å²) in [6, 6.07) is 7.83. The van der Waals surface area contributed by atoms with Crippen LogP contribution >= 0.6 is 35.7 Å². The standard InChI is InChI=1S/C23H36N4O2S.HI/c1-5-24-22(26-16-23(4)11-6-12-30-23)25-13-19-7-9-20(10-8-19)21(28)27-14-17(2)29-18(3)15-27;/h7-10,17-18H,5-6,11-16H2,1-4H3,(H2,24,25,26);1H. The Morgan fingerprint density at radius 3 is 2.48 bits per heavy atom. The van der Waals surface area contributed by atoms with Crippen LogP contribution in [0.4, 0.5) is 0 Å². The molecule has 3 rings (SSSR count). The number of morpholine rings is 1. The molecule has 0 aliphatic carbocycles. The van der Waals surface area contributed by atoms with Crippen LogP contribution in [0, 0.1) is 0 Å². The van der Waals surface area contributed by atoms with Gasteiger partial charge in [0.15, 0.2) is 5.96 Å². The average molecular weight is 561 g/mol. The molecule has 6 nitrogen and oxygen atoms in total. The summed E-state index contributed by atoms with van der Waals surface area (Å²) in [7, 11) is 0. The lowest BCUT2D eigenvalue weighted by atomic mass is 10.1. The highest BCUT2D eigenvalue weighted by atomic mass is 127. The normalized spacial score (nSPS) is 26.3. The second-order valence-corrected chi connectivity index (χ2v) is 10.3. The number of nitrogens with one attached hydrogen (secondary N) is 2. The number of nitrogens with zero attached hydrogens (tertiary/aromatic N) is 2. The molecule has 1 aromatic carbocycles. The van der Waals surface area contributed by atoms with Gasteiger partial charge in [0.25, 0.3) is 5.91 Å². The minimum Gasteiger partial charge on any atom is -0.372 e. The first-order valence-electron chi connectivity index (χ1n) is 11.1. The van der Waals surface area contributed by atoms with Gasteiger partial charge < -0.3 is 20.3 Å². The lowest BCUT2D eigenvalue weighted by Gasteiger charge is -2.35. The third-order valence-electron chi connectivity index (χ3n) is 5.60. The minimum atomic E-state index is 0. The molecule has 2 aliphatic rings. The molecule has 1 amide bonds. The quantitative estimate of drug-likeness (QED) is 0.314. The first kappa shape index (κ1) is 26.3. The Kier molecular flexibility index (Phi) is 10.4. The van der Waals surface area contributed by atoms with Crippen molar-refractivity contribution in [3.63, 3.8) is 0 Å². The Balaban J connectivity index is 0.00000341. The maximum absolute atomic E-state index is 12.8. The molecule has 0 spiro atoms. The van der Waals surface area contributed by atoms with Crippen molar-refractivity contribution in [2.45, 2.75) is 64.0 Å². The van der Waals surface area contributed by atoms with Crippen LogP contribution in [0.1, 0.15) is 56.5 Å². The number of guanidine groups is 1. The number of benzene rings is 1. The Hall–Kier alpha value is -1.00. The highest BCUT2D eigenvalue weighted by Crippen LogP contribution is 2.36. The molecule has 0 bridgehead atoms. The van der Waals surface area contributed by atoms with E-state index >= 15 is 0 Å². The van der Waals surface area contributed by atoms with Gasteiger partial charge in [-0.15, -0.1) is 24.0 Å². The number of hydrogen-bond donors (Lipinski definition) is 2. The molecule has 2 aliphatic heterocycles. The van der Waals surface area contributed by atoms with Crippen molar-refractivity contribution < 1.29 is 9.53 Å². The van der Waals surface area contributed by atoms with Crippen molar-refractivity contribution in [2.24, 2.45) is 4.99 Å². The molecule has 3 unspecified atom stereocenters. The van der Waals surface area contributed by atoms with E-state index in [1.165, 1.54) is 18.6 Å². The van der Waals surface area contributed by atoms with Gasteiger partial charge in [-0.2, -0.15) is 11.8 Å². The number of thioether (sulfide) groups is 1.